The molecule has 0 saturated carbocycles. The van der Waals surface area contributed by atoms with Crippen LogP contribution in [0.3, 0.4) is 0 Å². The first-order valence-electron chi connectivity index (χ1n) is 9.41. The normalized spacial score (nSPS) is 10.4. The summed E-state index contributed by atoms with van der Waals surface area (Å²) in [6.07, 6.45) is 0. The Morgan fingerprint density at radius 2 is 1.93 bits per heavy atom. The van der Waals surface area contributed by atoms with Crippen LogP contribution in [-0.4, -0.2) is 29.9 Å². The van der Waals surface area contributed by atoms with Gasteiger partial charge in [-0.2, -0.15) is 0 Å². The fraction of sp³-hybridized carbons (Fsp3) is 0.227. The van der Waals surface area contributed by atoms with Gasteiger partial charge in [-0.3, -0.25) is 9.59 Å². The zero-order chi connectivity index (χ0) is 20.8. The Morgan fingerprint density at radius 1 is 1.10 bits per heavy atom. The molecule has 2 aromatic carbocycles. The van der Waals surface area contributed by atoms with E-state index < -0.39 is 0 Å². The summed E-state index contributed by atoms with van der Waals surface area (Å²) in [6, 6.07) is 13.0. The van der Waals surface area contributed by atoms with Gasteiger partial charge >= 0.3 is 0 Å². The summed E-state index contributed by atoms with van der Waals surface area (Å²) in [5.74, 6) is -0.298. The second-order valence-corrected chi connectivity index (χ2v) is 7.69. The predicted octanol–water partition coefficient (Wildman–Crippen LogP) is 4.23. The van der Waals surface area contributed by atoms with E-state index in [1.54, 1.807) is 23.5 Å². The molecule has 29 heavy (non-hydrogen) atoms. The summed E-state index contributed by atoms with van der Waals surface area (Å²) in [5, 5.41) is 11.8. The van der Waals surface area contributed by atoms with E-state index in [0.717, 1.165) is 27.5 Å². The lowest BCUT2D eigenvalue weighted by atomic mass is 10.1. The minimum absolute atomic E-state index is 0.0970. The van der Waals surface area contributed by atoms with E-state index in [0.29, 0.717) is 17.8 Å². The average molecular weight is 409 g/mol. The number of carbonyl (C=O) groups excluding carboxylic acids is 2. The van der Waals surface area contributed by atoms with Crippen molar-refractivity contribution in [2.75, 3.05) is 23.7 Å². The van der Waals surface area contributed by atoms with Crippen LogP contribution < -0.4 is 16.0 Å². The summed E-state index contributed by atoms with van der Waals surface area (Å²) in [4.78, 5) is 28.9. The summed E-state index contributed by atoms with van der Waals surface area (Å²) < 4.78 is 0. The topological polar surface area (TPSA) is 83.1 Å². The first-order chi connectivity index (χ1) is 14.0. The van der Waals surface area contributed by atoms with Crippen LogP contribution in [0.2, 0.25) is 0 Å². The molecule has 0 saturated heterocycles. The van der Waals surface area contributed by atoms with Crippen LogP contribution in [0.5, 0.6) is 0 Å². The fourth-order valence-electron chi connectivity index (χ4n) is 2.85. The maximum absolute atomic E-state index is 12.4. The van der Waals surface area contributed by atoms with Crippen LogP contribution in [0.1, 0.15) is 27.9 Å². The van der Waals surface area contributed by atoms with Gasteiger partial charge in [0.1, 0.15) is 0 Å². The third kappa shape index (κ3) is 5.42. The molecule has 3 rings (SSSR count). The van der Waals surface area contributed by atoms with Gasteiger partial charge in [0, 0.05) is 34.4 Å². The molecule has 3 aromatic rings. The molecule has 0 radical (unpaired) electrons. The van der Waals surface area contributed by atoms with E-state index in [-0.39, 0.29) is 18.4 Å². The van der Waals surface area contributed by atoms with E-state index in [1.807, 2.05) is 56.5 Å². The third-order valence-electron chi connectivity index (χ3n) is 4.34. The molecule has 2 amide bonds. The van der Waals surface area contributed by atoms with Gasteiger partial charge in [0.25, 0.3) is 5.91 Å². The number of amides is 2. The highest BCUT2D eigenvalue weighted by molar-refractivity contribution is 7.09. The van der Waals surface area contributed by atoms with Crippen LogP contribution in [0.4, 0.5) is 11.4 Å². The van der Waals surface area contributed by atoms with Crippen molar-refractivity contribution >= 4 is 34.5 Å². The maximum Gasteiger partial charge on any atom is 0.251 e. The lowest BCUT2D eigenvalue weighted by Gasteiger charge is -2.12. The summed E-state index contributed by atoms with van der Waals surface area (Å²) in [7, 11) is 0. The zero-order valence-corrected chi connectivity index (χ0v) is 17.5. The van der Waals surface area contributed by atoms with Crippen LogP contribution >= 0.6 is 11.3 Å². The fourth-order valence-corrected chi connectivity index (χ4v) is 3.47. The number of hydrogen-bond acceptors (Lipinski definition) is 5. The Balaban J connectivity index is 1.63. The number of nitrogens with zero attached hydrogens (tertiary/aromatic N) is 1. The number of benzene rings is 2. The molecule has 3 N–H and O–H groups in total. The predicted molar refractivity (Wildman–Crippen MR) is 119 cm³/mol. The molecule has 0 atom stereocenters. The molecule has 0 aliphatic rings. The quantitative estimate of drug-likeness (QED) is 0.546. The first kappa shape index (κ1) is 20.5. The number of hydrogen-bond donors (Lipinski definition) is 3. The standard InChI is InChI=1S/C22H24N4O2S/c1-4-23-22(28)17-9-8-14(2)19(11-17)24-12-21(27)26-18-7-5-6-16(10-18)20-13-29-15(3)25-20/h5-11,13,24H,4,12H2,1-3H3,(H,23,28)(H,26,27). The minimum atomic E-state index is -0.167. The van der Waals surface area contributed by atoms with E-state index in [4.69, 9.17) is 0 Å². The average Bonchev–Trinajstić information content (AvgIpc) is 3.14. The molecular formula is C22H24N4O2S. The molecule has 1 aromatic heterocycles. The Morgan fingerprint density at radius 3 is 2.66 bits per heavy atom. The Hall–Kier alpha value is -3.19. The molecule has 0 fully saturated rings. The van der Waals surface area contributed by atoms with E-state index in [2.05, 4.69) is 20.9 Å². The van der Waals surface area contributed by atoms with E-state index in [9.17, 15) is 9.59 Å². The largest absolute Gasteiger partial charge is 0.376 e. The van der Waals surface area contributed by atoms with Gasteiger partial charge in [0.2, 0.25) is 5.91 Å². The lowest BCUT2D eigenvalue weighted by molar-refractivity contribution is -0.114. The minimum Gasteiger partial charge on any atom is -0.376 e. The van der Waals surface area contributed by atoms with Crippen molar-refractivity contribution in [2.45, 2.75) is 20.8 Å². The van der Waals surface area contributed by atoms with Crippen molar-refractivity contribution in [2.24, 2.45) is 0 Å². The molecule has 150 valence electrons. The van der Waals surface area contributed by atoms with Gasteiger partial charge in [-0.15, -0.1) is 11.3 Å². The number of anilines is 2. The van der Waals surface area contributed by atoms with Crippen molar-refractivity contribution in [1.82, 2.24) is 10.3 Å². The molecule has 0 aliphatic heterocycles. The second kappa shape index (κ2) is 9.34. The van der Waals surface area contributed by atoms with Crippen LogP contribution in [-0.2, 0) is 4.79 Å². The Bertz CT molecular complexity index is 1030. The van der Waals surface area contributed by atoms with Crippen molar-refractivity contribution in [1.29, 1.82) is 0 Å². The SMILES string of the molecule is CCNC(=O)c1ccc(C)c(NCC(=O)Nc2cccc(-c3csc(C)n3)c2)c1. The number of nitrogens with one attached hydrogen (secondary N) is 3. The van der Waals surface area contributed by atoms with Gasteiger partial charge in [-0.25, -0.2) is 4.98 Å². The summed E-state index contributed by atoms with van der Waals surface area (Å²) in [6.45, 7) is 6.44. The van der Waals surface area contributed by atoms with Gasteiger partial charge < -0.3 is 16.0 Å². The second-order valence-electron chi connectivity index (χ2n) is 6.62. The number of aryl methyl sites for hydroxylation is 2. The smallest absolute Gasteiger partial charge is 0.251 e. The van der Waals surface area contributed by atoms with Gasteiger partial charge in [-0.1, -0.05) is 18.2 Å². The van der Waals surface area contributed by atoms with Crippen LogP contribution in [0.15, 0.2) is 47.8 Å². The Labute approximate surface area is 174 Å². The van der Waals surface area contributed by atoms with Crippen LogP contribution in [0.25, 0.3) is 11.3 Å². The summed E-state index contributed by atoms with van der Waals surface area (Å²) in [5.41, 5.74) is 4.87. The number of aromatic nitrogens is 1. The monoisotopic (exact) mass is 408 g/mol. The number of thiazole rings is 1. The highest BCUT2D eigenvalue weighted by Gasteiger charge is 2.09. The maximum atomic E-state index is 12.4. The van der Waals surface area contributed by atoms with E-state index in [1.165, 1.54) is 0 Å². The number of rotatable bonds is 7. The first-order valence-corrected chi connectivity index (χ1v) is 10.3. The molecule has 0 spiro atoms. The molecule has 0 bridgehead atoms. The summed E-state index contributed by atoms with van der Waals surface area (Å²) >= 11 is 1.60. The Kier molecular flexibility index (Phi) is 6.61. The molecule has 0 aliphatic carbocycles. The van der Waals surface area contributed by atoms with Crippen LogP contribution in [0, 0.1) is 13.8 Å². The molecular weight excluding hydrogens is 384 g/mol. The van der Waals surface area contributed by atoms with Gasteiger partial charge in [0.15, 0.2) is 0 Å². The number of carbonyl (C=O) groups is 2. The molecule has 1 heterocycles. The molecule has 0 unspecified atom stereocenters. The third-order valence-corrected chi connectivity index (χ3v) is 5.11. The zero-order valence-electron chi connectivity index (χ0n) is 16.7. The van der Waals surface area contributed by atoms with Gasteiger partial charge in [-0.05, 0) is 50.6 Å². The van der Waals surface area contributed by atoms with Crippen molar-refractivity contribution in [3.05, 3.63) is 64.0 Å². The van der Waals surface area contributed by atoms with Crippen molar-refractivity contribution in [3.63, 3.8) is 0 Å². The highest BCUT2D eigenvalue weighted by atomic mass is 32.1. The van der Waals surface area contributed by atoms with E-state index >= 15 is 0 Å². The molecule has 6 nitrogen and oxygen atoms in total. The van der Waals surface area contributed by atoms with Gasteiger partial charge in [0.05, 0.1) is 17.2 Å². The molecule has 7 heteroatoms. The van der Waals surface area contributed by atoms with Crippen molar-refractivity contribution < 1.29 is 9.59 Å². The van der Waals surface area contributed by atoms with Crippen molar-refractivity contribution in [3.8, 4) is 11.3 Å². The lowest BCUT2D eigenvalue weighted by Crippen LogP contribution is -2.24. The highest BCUT2D eigenvalue weighted by Crippen LogP contribution is 2.24.